The molecule has 0 heterocycles. The van der Waals surface area contributed by atoms with E-state index in [1.165, 1.54) is 27.0 Å². The molecule has 4 heteroatoms. The van der Waals surface area contributed by atoms with Gasteiger partial charge in [-0.05, 0) is 25.1 Å². The maximum absolute atomic E-state index is 11.2. The number of rotatable bonds is 3. The average molecular weight is 208 g/mol. The van der Waals surface area contributed by atoms with E-state index >= 15 is 0 Å². The average Bonchev–Trinajstić information content (AvgIpc) is 2.16. The Balaban J connectivity index is 3.10. The molecule has 0 spiro atoms. The molecule has 80 valence electrons. The Morgan fingerprint density at radius 1 is 1.20 bits per heavy atom. The topological polar surface area (TPSA) is 52.6 Å². The molecule has 0 atom stereocenters. The predicted octanol–water partition coefficient (Wildman–Crippen LogP) is 1.82. The number of carbonyl (C=O) groups is 2. The van der Waals surface area contributed by atoms with Crippen molar-refractivity contribution in [2.24, 2.45) is 0 Å². The Kier molecular flexibility index (Phi) is 3.44. The van der Waals surface area contributed by atoms with Gasteiger partial charge in [0.2, 0.25) is 0 Å². The number of esters is 1. The lowest BCUT2D eigenvalue weighted by Gasteiger charge is -2.07. The van der Waals surface area contributed by atoms with Crippen LogP contribution in [-0.4, -0.2) is 18.9 Å². The van der Waals surface area contributed by atoms with Crippen molar-refractivity contribution in [2.45, 2.75) is 13.8 Å². The summed E-state index contributed by atoms with van der Waals surface area (Å²) in [7, 11) is 1.48. The number of ether oxygens (including phenoxy) is 2. The molecule has 0 radical (unpaired) electrons. The third-order valence-corrected chi connectivity index (χ3v) is 1.81. The maximum Gasteiger partial charge on any atom is 0.308 e. The number of benzene rings is 1. The van der Waals surface area contributed by atoms with Gasteiger partial charge in [0.1, 0.15) is 11.5 Å². The van der Waals surface area contributed by atoms with Crippen LogP contribution in [-0.2, 0) is 4.79 Å². The minimum atomic E-state index is -0.422. The summed E-state index contributed by atoms with van der Waals surface area (Å²) in [5.41, 5.74) is 0.399. The third kappa shape index (κ3) is 2.80. The molecule has 0 saturated heterocycles. The van der Waals surface area contributed by atoms with E-state index in [4.69, 9.17) is 9.47 Å². The minimum absolute atomic E-state index is 0.138. The van der Waals surface area contributed by atoms with E-state index in [2.05, 4.69) is 0 Å². The molecule has 4 nitrogen and oxygen atoms in total. The molecule has 0 amide bonds. The van der Waals surface area contributed by atoms with Crippen LogP contribution in [0.25, 0.3) is 0 Å². The maximum atomic E-state index is 11.2. The van der Waals surface area contributed by atoms with E-state index < -0.39 is 5.97 Å². The Labute approximate surface area is 87.8 Å². The predicted molar refractivity (Wildman–Crippen MR) is 54.3 cm³/mol. The molecule has 0 aliphatic rings. The van der Waals surface area contributed by atoms with E-state index in [9.17, 15) is 9.59 Å². The monoisotopic (exact) mass is 208 g/mol. The van der Waals surface area contributed by atoms with Crippen LogP contribution in [0.4, 0.5) is 0 Å². The second kappa shape index (κ2) is 4.59. The number of ketones is 1. The molecule has 0 N–H and O–H groups in total. The molecular formula is C11H12O4. The molecule has 0 unspecified atom stereocenters. The summed E-state index contributed by atoms with van der Waals surface area (Å²) in [5.74, 6) is 0.252. The van der Waals surface area contributed by atoms with Gasteiger partial charge < -0.3 is 9.47 Å². The summed E-state index contributed by atoms with van der Waals surface area (Å²) < 4.78 is 9.86. The number of methoxy groups -OCH3 is 1. The molecule has 0 aromatic heterocycles. The van der Waals surface area contributed by atoms with Crippen LogP contribution in [0.2, 0.25) is 0 Å². The smallest absolute Gasteiger partial charge is 0.308 e. The van der Waals surface area contributed by atoms with E-state index in [1.807, 2.05) is 0 Å². The van der Waals surface area contributed by atoms with Crippen LogP contribution in [0.5, 0.6) is 11.5 Å². The second-order valence-electron chi connectivity index (χ2n) is 3.01. The van der Waals surface area contributed by atoms with Gasteiger partial charge in [0.25, 0.3) is 0 Å². The van der Waals surface area contributed by atoms with E-state index in [0.717, 1.165) is 0 Å². The van der Waals surface area contributed by atoms with Gasteiger partial charge in [0, 0.05) is 6.92 Å². The summed E-state index contributed by atoms with van der Waals surface area (Å²) in [6, 6.07) is 4.66. The Morgan fingerprint density at radius 3 is 2.33 bits per heavy atom. The van der Waals surface area contributed by atoms with Gasteiger partial charge in [-0.15, -0.1) is 0 Å². The first-order valence-electron chi connectivity index (χ1n) is 4.42. The van der Waals surface area contributed by atoms with Crippen molar-refractivity contribution in [1.82, 2.24) is 0 Å². The molecule has 0 aliphatic heterocycles. The van der Waals surface area contributed by atoms with Gasteiger partial charge in [-0.25, -0.2) is 0 Å². The second-order valence-corrected chi connectivity index (χ2v) is 3.01. The van der Waals surface area contributed by atoms with Crippen molar-refractivity contribution in [3.8, 4) is 11.5 Å². The third-order valence-electron chi connectivity index (χ3n) is 1.81. The lowest BCUT2D eigenvalue weighted by atomic mass is 10.1. The first-order chi connectivity index (χ1) is 7.04. The zero-order valence-corrected chi connectivity index (χ0v) is 8.87. The van der Waals surface area contributed by atoms with Crippen LogP contribution in [0.15, 0.2) is 18.2 Å². The van der Waals surface area contributed by atoms with Crippen LogP contribution in [0.1, 0.15) is 24.2 Å². The molecule has 1 rings (SSSR count). The zero-order valence-electron chi connectivity index (χ0n) is 8.87. The quantitative estimate of drug-likeness (QED) is 0.432. The number of carbonyl (C=O) groups excluding carboxylic acids is 2. The minimum Gasteiger partial charge on any atom is -0.496 e. The highest BCUT2D eigenvalue weighted by Crippen LogP contribution is 2.24. The zero-order chi connectivity index (χ0) is 11.4. The molecule has 15 heavy (non-hydrogen) atoms. The molecule has 0 fully saturated rings. The fourth-order valence-electron chi connectivity index (χ4n) is 1.19. The van der Waals surface area contributed by atoms with Gasteiger partial charge in [-0.3, -0.25) is 9.59 Å². The normalized spacial score (nSPS) is 9.53. The fraction of sp³-hybridized carbons (Fsp3) is 0.273. The van der Waals surface area contributed by atoms with E-state index in [0.29, 0.717) is 17.1 Å². The number of hydrogen-bond acceptors (Lipinski definition) is 4. The summed E-state index contributed by atoms with van der Waals surface area (Å²) in [6.07, 6.45) is 0. The SMILES string of the molecule is COc1ccc(OC(C)=O)cc1C(C)=O. The van der Waals surface area contributed by atoms with Gasteiger partial charge >= 0.3 is 5.97 Å². The standard InChI is InChI=1S/C11H12O4/c1-7(12)10-6-9(15-8(2)13)4-5-11(10)14-3/h4-6H,1-3H3. The van der Waals surface area contributed by atoms with Crippen molar-refractivity contribution in [2.75, 3.05) is 7.11 Å². The van der Waals surface area contributed by atoms with Crippen LogP contribution in [0, 0.1) is 0 Å². The molecule has 0 bridgehead atoms. The first kappa shape index (κ1) is 11.2. The summed E-state index contributed by atoms with van der Waals surface area (Å²) in [5, 5.41) is 0. The summed E-state index contributed by atoms with van der Waals surface area (Å²) in [6.45, 7) is 2.73. The largest absolute Gasteiger partial charge is 0.496 e. The van der Waals surface area contributed by atoms with Gasteiger partial charge in [-0.1, -0.05) is 0 Å². The molecule has 1 aromatic rings. The van der Waals surface area contributed by atoms with Crippen LogP contribution in [0.3, 0.4) is 0 Å². The van der Waals surface area contributed by atoms with E-state index in [1.54, 1.807) is 12.1 Å². The Bertz CT molecular complexity index is 396. The number of Topliss-reactive ketones (excluding diaryl/α,β-unsaturated/α-hetero) is 1. The van der Waals surface area contributed by atoms with Gasteiger partial charge in [0.05, 0.1) is 12.7 Å². The highest BCUT2D eigenvalue weighted by molar-refractivity contribution is 5.97. The van der Waals surface area contributed by atoms with Crippen molar-refractivity contribution in [1.29, 1.82) is 0 Å². The Hall–Kier alpha value is -1.84. The van der Waals surface area contributed by atoms with Crippen molar-refractivity contribution in [3.05, 3.63) is 23.8 Å². The van der Waals surface area contributed by atoms with Crippen LogP contribution < -0.4 is 9.47 Å². The summed E-state index contributed by atoms with van der Waals surface area (Å²) >= 11 is 0. The highest BCUT2D eigenvalue weighted by Gasteiger charge is 2.10. The Morgan fingerprint density at radius 2 is 1.87 bits per heavy atom. The van der Waals surface area contributed by atoms with Crippen molar-refractivity contribution < 1.29 is 19.1 Å². The fourth-order valence-corrected chi connectivity index (χ4v) is 1.19. The lowest BCUT2D eigenvalue weighted by Crippen LogP contribution is -2.03. The van der Waals surface area contributed by atoms with Gasteiger partial charge in [0.15, 0.2) is 5.78 Å². The van der Waals surface area contributed by atoms with Crippen LogP contribution >= 0.6 is 0 Å². The van der Waals surface area contributed by atoms with E-state index in [-0.39, 0.29) is 5.78 Å². The van der Waals surface area contributed by atoms with Crippen molar-refractivity contribution in [3.63, 3.8) is 0 Å². The molecule has 0 saturated carbocycles. The lowest BCUT2D eigenvalue weighted by molar-refractivity contribution is -0.131. The first-order valence-corrected chi connectivity index (χ1v) is 4.42. The summed E-state index contributed by atoms with van der Waals surface area (Å²) in [4.78, 5) is 22.0. The molecular weight excluding hydrogens is 196 g/mol. The highest BCUT2D eigenvalue weighted by atomic mass is 16.5. The van der Waals surface area contributed by atoms with Crippen molar-refractivity contribution >= 4 is 11.8 Å². The molecule has 1 aromatic carbocycles. The molecule has 0 aliphatic carbocycles. The number of hydrogen-bond donors (Lipinski definition) is 0. The van der Waals surface area contributed by atoms with Gasteiger partial charge in [-0.2, -0.15) is 0 Å².